The normalized spacial score (nSPS) is 11.6. The summed E-state index contributed by atoms with van der Waals surface area (Å²) >= 11 is 0. The Bertz CT molecular complexity index is 1450. The van der Waals surface area contributed by atoms with E-state index in [2.05, 4.69) is 39.9 Å². The maximum atomic E-state index is 10.8. The molecule has 6 nitrogen and oxygen atoms in total. The second kappa shape index (κ2) is 8.15. The Morgan fingerprint density at radius 2 is 1.81 bits per heavy atom. The van der Waals surface area contributed by atoms with Crippen LogP contribution in [0.5, 0.6) is 5.75 Å². The first-order valence-corrected chi connectivity index (χ1v) is 10.4. The van der Waals surface area contributed by atoms with E-state index in [9.17, 15) is 5.11 Å². The number of nitrogens with one attached hydrogen (secondary N) is 2. The molecule has 0 atom stereocenters. The largest absolute Gasteiger partial charge is 0.507 e. The molecule has 4 aromatic carbocycles. The summed E-state index contributed by atoms with van der Waals surface area (Å²) in [5.74, 6) is 0.206. The van der Waals surface area contributed by atoms with Crippen LogP contribution in [0.2, 0.25) is 0 Å². The number of oxime groups is 1. The number of nitrogens with zero attached hydrogens (tertiary/aromatic N) is 1. The van der Waals surface area contributed by atoms with Crippen LogP contribution in [0.15, 0.2) is 71.9 Å². The average Bonchev–Trinajstić information content (AvgIpc) is 3.18. The molecule has 0 fully saturated rings. The summed E-state index contributed by atoms with van der Waals surface area (Å²) < 4.78 is 0. The van der Waals surface area contributed by atoms with Crippen LogP contribution in [-0.2, 0) is 16.3 Å². The number of benzene rings is 4. The van der Waals surface area contributed by atoms with Crippen LogP contribution in [0.1, 0.15) is 16.7 Å². The first-order chi connectivity index (χ1) is 15.6. The molecule has 1 heterocycles. The van der Waals surface area contributed by atoms with Gasteiger partial charge in [0.2, 0.25) is 6.40 Å². The molecule has 0 radical (unpaired) electrons. The number of rotatable bonds is 6. The Morgan fingerprint density at radius 3 is 2.66 bits per heavy atom. The van der Waals surface area contributed by atoms with E-state index in [1.54, 1.807) is 0 Å². The zero-order valence-electron chi connectivity index (χ0n) is 17.8. The van der Waals surface area contributed by atoms with Crippen molar-refractivity contribution in [3.63, 3.8) is 0 Å². The van der Waals surface area contributed by atoms with E-state index >= 15 is 0 Å². The Hall–Kier alpha value is -4.19. The predicted octanol–water partition coefficient (Wildman–Crippen LogP) is 6.30. The highest BCUT2D eigenvalue weighted by Gasteiger charge is 2.15. The second-order valence-corrected chi connectivity index (χ2v) is 7.84. The van der Waals surface area contributed by atoms with Crippen molar-refractivity contribution in [2.24, 2.45) is 5.16 Å². The third-order valence-corrected chi connectivity index (χ3v) is 5.70. The SMILES string of the molecule is Cc1ccc(NO/C=N/OCc2cc3ccc4c5ccccc5[nH]c4c3c(C)c2O)cc1. The lowest BCUT2D eigenvalue weighted by Gasteiger charge is -2.11. The molecular formula is C26H23N3O3. The van der Waals surface area contributed by atoms with Crippen LogP contribution >= 0.6 is 0 Å². The molecule has 160 valence electrons. The lowest BCUT2D eigenvalue weighted by molar-refractivity contribution is 0.123. The van der Waals surface area contributed by atoms with E-state index in [0.717, 1.165) is 38.4 Å². The highest BCUT2D eigenvalue weighted by Crippen LogP contribution is 2.37. The van der Waals surface area contributed by atoms with Crippen LogP contribution in [0.25, 0.3) is 32.6 Å². The molecule has 0 spiro atoms. The van der Waals surface area contributed by atoms with Gasteiger partial charge in [0.25, 0.3) is 0 Å². The Labute approximate surface area is 185 Å². The van der Waals surface area contributed by atoms with Crippen molar-refractivity contribution in [2.75, 3.05) is 5.48 Å². The van der Waals surface area contributed by atoms with Gasteiger partial charge < -0.3 is 19.8 Å². The highest BCUT2D eigenvalue weighted by atomic mass is 16.7. The van der Waals surface area contributed by atoms with Crippen molar-refractivity contribution in [2.45, 2.75) is 20.5 Å². The number of aromatic nitrogens is 1. The predicted molar refractivity (Wildman–Crippen MR) is 129 cm³/mol. The number of hydrogen-bond donors (Lipinski definition) is 3. The monoisotopic (exact) mass is 425 g/mol. The van der Waals surface area contributed by atoms with Gasteiger partial charge >= 0.3 is 0 Å². The molecule has 0 aliphatic rings. The van der Waals surface area contributed by atoms with Gasteiger partial charge in [-0.2, -0.15) is 0 Å². The van der Waals surface area contributed by atoms with E-state index in [4.69, 9.17) is 9.68 Å². The van der Waals surface area contributed by atoms with Crippen molar-refractivity contribution in [3.8, 4) is 5.75 Å². The number of H-pyrrole nitrogens is 1. The van der Waals surface area contributed by atoms with E-state index in [1.807, 2.05) is 56.3 Å². The lowest BCUT2D eigenvalue weighted by Crippen LogP contribution is -1.99. The third kappa shape index (κ3) is 3.56. The summed E-state index contributed by atoms with van der Waals surface area (Å²) in [6.07, 6.45) is 1.18. The lowest BCUT2D eigenvalue weighted by atomic mass is 9.98. The van der Waals surface area contributed by atoms with Crippen LogP contribution in [-0.4, -0.2) is 16.5 Å². The van der Waals surface area contributed by atoms with Crippen LogP contribution in [0.4, 0.5) is 5.69 Å². The standard InChI is InChI=1S/C26H23N3O3/c1-16-7-10-20(11-8-16)29-32-15-27-31-14-19-13-18-9-12-22-21-5-3-4-6-23(21)28-25(22)24(18)17(2)26(19)30/h3-13,15,28-30H,14H2,1-2H3/b27-15+. The summed E-state index contributed by atoms with van der Waals surface area (Å²) in [6.45, 7) is 4.06. The quantitative estimate of drug-likeness (QED) is 0.169. The number of anilines is 1. The van der Waals surface area contributed by atoms with Crippen molar-refractivity contribution in [1.29, 1.82) is 0 Å². The van der Waals surface area contributed by atoms with Gasteiger partial charge in [-0.05, 0) is 43.5 Å². The van der Waals surface area contributed by atoms with E-state index in [-0.39, 0.29) is 12.4 Å². The molecule has 5 aromatic rings. The van der Waals surface area contributed by atoms with Crippen molar-refractivity contribution >= 4 is 44.7 Å². The van der Waals surface area contributed by atoms with Gasteiger partial charge in [0.15, 0.2) is 0 Å². The molecule has 1 aromatic heterocycles. The number of phenols is 1. The molecular weight excluding hydrogens is 402 g/mol. The number of phenolic OH excluding ortho intramolecular Hbond substituents is 1. The zero-order valence-corrected chi connectivity index (χ0v) is 17.8. The molecule has 0 saturated carbocycles. The molecule has 0 saturated heterocycles. The van der Waals surface area contributed by atoms with Gasteiger partial charge in [-0.15, -0.1) is 0 Å². The van der Waals surface area contributed by atoms with Gasteiger partial charge in [-0.1, -0.05) is 53.2 Å². The van der Waals surface area contributed by atoms with Crippen LogP contribution in [0, 0.1) is 13.8 Å². The van der Waals surface area contributed by atoms with E-state index < -0.39 is 0 Å². The van der Waals surface area contributed by atoms with Crippen molar-refractivity contribution in [3.05, 3.63) is 83.4 Å². The molecule has 3 N–H and O–H groups in total. The van der Waals surface area contributed by atoms with Crippen molar-refractivity contribution < 1.29 is 14.8 Å². The van der Waals surface area contributed by atoms with Crippen LogP contribution < -0.4 is 5.48 Å². The van der Waals surface area contributed by atoms with Gasteiger partial charge in [0.05, 0.1) is 11.2 Å². The number of aromatic hydroxyl groups is 1. The fraction of sp³-hybridized carbons (Fsp3) is 0.115. The average molecular weight is 425 g/mol. The molecule has 0 aliphatic carbocycles. The number of para-hydroxylation sites is 1. The number of aromatic amines is 1. The maximum absolute atomic E-state index is 10.8. The molecule has 32 heavy (non-hydrogen) atoms. The minimum atomic E-state index is 0.123. The number of hydrogen-bond acceptors (Lipinski definition) is 5. The minimum Gasteiger partial charge on any atom is -0.507 e. The first kappa shape index (κ1) is 19.8. The number of aryl methyl sites for hydroxylation is 2. The Balaban J connectivity index is 1.34. The maximum Gasteiger partial charge on any atom is 0.245 e. The highest BCUT2D eigenvalue weighted by molar-refractivity contribution is 6.18. The Morgan fingerprint density at radius 1 is 1.00 bits per heavy atom. The second-order valence-electron chi connectivity index (χ2n) is 7.84. The summed E-state index contributed by atoms with van der Waals surface area (Å²) in [5, 5.41) is 19.0. The molecule has 0 amide bonds. The summed E-state index contributed by atoms with van der Waals surface area (Å²) in [4.78, 5) is 14.0. The molecule has 6 heteroatoms. The third-order valence-electron chi connectivity index (χ3n) is 5.70. The smallest absolute Gasteiger partial charge is 0.245 e. The van der Waals surface area contributed by atoms with Crippen molar-refractivity contribution in [1.82, 2.24) is 4.98 Å². The molecule has 0 aliphatic heterocycles. The first-order valence-electron chi connectivity index (χ1n) is 10.4. The van der Waals surface area contributed by atoms with Gasteiger partial charge in [0.1, 0.15) is 12.4 Å². The van der Waals surface area contributed by atoms with Gasteiger partial charge in [-0.25, -0.2) is 5.48 Å². The van der Waals surface area contributed by atoms with E-state index in [0.29, 0.717) is 5.56 Å². The topological polar surface area (TPSA) is 78.9 Å². The molecule has 0 bridgehead atoms. The summed E-state index contributed by atoms with van der Waals surface area (Å²) in [5.41, 5.74) is 8.31. The molecule has 0 unspecified atom stereocenters. The van der Waals surface area contributed by atoms with E-state index in [1.165, 1.54) is 17.4 Å². The zero-order chi connectivity index (χ0) is 22.1. The number of fused-ring (bicyclic) bond motifs is 5. The summed E-state index contributed by atoms with van der Waals surface area (Å²) in [7, 11) is 0. The van der Waals surface area contributed by atoms with Crippen LogP contribution in [0.3, 0.4) is 0 Å². The molecule has 5 rings (SSSR count). The fourth-order valence-electron chi connectivity index (χ4n) is 4.06. The van der Waals surface area contributed by atoms with Gasteiger partial charge in [0, 0.05) is 32.8 Å². The minimum absolute atomic E-state index is 0.123. The summed E-state index contributed by atoms with van der Waals surface area (Å²) in [6, 6.07) is 22.1. The van der Waals surface area contributed by atoms with Gasteiger partial charge in [-0.3, -0.25) is 0 Å². The Kier molecular flexibility index (Phi) is 5.03. The fourth-order valence-corrected chi connectivity index (χ4v) is 4.06.